The zero-order chi connectivity index (χ0) is 19.6. The van der Waals surface area contributed by atoms with Crippen LogP contribution in [0.1, 0.15) is 34.4 Å². The number of rotatable bonds is 5. The highest BCUT2D eigenvalue weighted by Gasteiger charge is 2.47. The van der Waals surface area contributed by atoms with Crippen molar-refractivity contribution in [2.24, 2.45) is 0 Å². The lowest BCUT2D eigenvalue weighted by atomic mass is 9.96. The van der Waals surface area contributed by atoms with Gasteiger partial charge >= 0.3 is 6.18 Å². The van der Waals surface area contributed by atoms with Gasteiger partial charge in [-0.05, 0) is 17.7 Å². The van der Waals surface area contributed by atoms with Gasteiger partial charge in [0.2, 0.25) is 0 Å². The first kappa shape index (κ1) is 19.2. The third kappa shape index (κ3) is 4.05. The number of aromatic nitrogens is 2. The van der Waals surface area contributed by atoms with Crippen LogP contribution in [0, 0.1) is 5.82 Å². The fourth-order valence-corrected chi connectivity index (χ4v) is 3.00. The number of carbonyl (C=O) groups excluding carboxylic acids is 1. The van der Waals surface area contributed by atoms with Crippen molar-refractivity contribution in [2.75, 3.05) is 25.6 Å². The number of anilines is 1. The summed E-state index contributed by atoms with van der Waals surface area (Å²) >= 11 is 0. The highest BCUT2D eigenvalue weighted by molar-refractivity contribution is 5.98. The molecule has 0 aliphatic carbocycles. The number of amides is 1. The van der Waals surface area contributed by atoms with Crippen molar-refractivity contribution in [3.8, 4) is 0 Å². The van der Waals surface area contributed by atoms with E-state index in [0.29, 0.717) is 5.56 Å². The summed E-state index contributed by atoms with van der Waals surface area (Å²) in [6.45, 7) is 0.482. The van der Waals surface area contributed by atoms with Crippen LogP contribution in [0.2, 0.25) is 0 Å². The van der Waals surface area contributed by atoms with E-state index in [-0.39, 0.29) is 31.0 Å². The number of nitrogens with one attached hydrogen (secondary N) is 2. The van der Waals surface area contributed by atoms with Crippen molar-refractivity contribution in [1.29, 1.82) is 0 Å². The molecule has 2 atom stereocenters. The lowest BCUT2D eigenvalue weighted by molar-refractivity contribution is -0.173. The van der Waals surface area contributed by atoms with Crippen LogP contribution in [0.5, 0.6) is 0 Å². The minimum absolute atomic E-state index is 0.00663. The highest BCUT2D eigenvalue weighted by Crippen LogP contribution is 2.44. The van der Waals surface area contributed by atoms with Gasteiger partial charge in [-0.15, -0.1) is 0 Å². The van der Waals surface area contributed by atoms with E-state index >= 15 is 0 Å². The van der Waals surface area contributed by atoms with Gasteiger partial charge < -0.3 is 15.4 Å². The van der Waals surface area contributed by atoms with Gasteiger partial charge in [-0.3, -0.25) is 4.79 Å². The van der Waals surface area contributed by atoms with Gasteiger partial charge in [0.1, 0.15) is 17.2 Å². The third-order valence-corrected chi connectivity index (χ3v) is 4.35. The molecule has 0 saturated heterocycles. The maximum atomic E-state index is 13.6. The van der Waals surface area contributed by atoms with Crippen molar-refractivity contribution < 1.29 is 27.1 Å². The van der Waals surface area contributed by atoms with Crippen LogP contribution in [0.3, 0.4) is 0 Å². The van der Waals surface area contributed by atoms with Crippen LogP contribution >= 0.6 is 0 Å². The minimum Gasteiger partial charge on any atom is -0.383 e. The molecular formula is C17H18F4N4O2. The highest BCUT2D eigenvalue weighted by atomic mass is 19.4. The van der Waals surface area contributed by atoms with Gasteiger partial charge in [-0.2, -0.15) is 18.3 Å². The molecule has 0 unspecified atom stereocenters. The molecule has 2 aromatic rings. The average molecular weight is 386 g/mol. The molecule has 1 aromatic carbocycles. The van der Waals surface area contributed by atoms with Gasteiger partial charge in [0.15, 0.2) is 6.04 Å². The Morgan fingerprint density at radius 3 is 2.70 bits per heavy atom. The number of benzene rings is 1. The Morgan fingerprint density at radius 1 is 1.37 bits per heavy atom. The number of fused-ring (bicyclic) bond motifs is 1. The van der Waals surface area contributed by atoms with E-state index in [1.54, 1.807) is 0 Å². The van der Waals surface area contributed by atoms with Gasteiger partial charge in [0.05, 0.1) is 18.8 Å². The first-order valence-corrected chi connectivity index (χ1v) is 8.24. The molecule has 146 valence electrons. The molecule has 0 radical (unpaired) electrons. The summed E-state index contributed by atoms with van der Waals surface area (Å²) in [5.41, 5.74) is 0.496. The second-order valence-corrected chi connectivity index (χ2v) is 6.14. The summed E-state index contributed by atoms with van der Waals surface area (Å²) in [5.74, 6) is -1.06. The second kappa shape index (κ2) is 7.55. The summed E-state index contributed by atoms with van der Waals surface area (Å²) in [6.07, 6.45) is -3.77. The van der Waals surface area contributed by atoms with Gasteiger partial charge in [0, 0.05) is 20.1 Å². The van der Waals surface area contributed by atoms with E-state index in [1.807, 2.05) is 0 Å². The number of nitrogens with zero attached hydrogens (tertiary/aromatic N) is 2. The molecule has 1 aromatic heterocycles. The van der Waals surface area contributed by atoms with Gasteiger partial charge in [0.25, 0.3) is 5.91 Å². The van der Waals surface area contributed by atoms with Gasteiger partial charge in [-0.1, -0.05) is 12.1 Å². The largest absolute Gasteiger partial charge is 0.410 e. The Hall–Kier alpha value is -2.62. The number of ether oxygens (including phenoxy) is 1. The Bertz CT molecular complexity index is 804. The minimum atomic E-state index is -4.55. The molecule has 2 heterocycles. The van der Waals surface area contributed by atoms with E-state index < -0.39 is 30.0 Å². The topological polar surface area (TPSA) is 68.2 Å². The Balaban J connectivity index is 1.93. The van der Waals surface area contributed by atoms with E-state index in [2.05, 4.69) is 15.7 Å². The Morgan fingerprint density at radius 2 is 2.07 bits per heavy atom. The number of hydrogen-bond acceptors (Lipinski definition) is 4. The third-order valence-electron chi connectivity index (χ3n) is 4.35. The van der Waals surface area contributed by atoms with Crippen LogP contribution in [0.4, 0.5) is 23.4 Å². The lowest BCUT2D eigenvalue weighted by Crippen LogP contribution is -2.36. The predicted octanol–water partition coefficient (Wildman–Crippen LogP) is 3.06. The fourth-order valence-electron chi connectivity index (χ4n) is 3.00. The maximum Gasteiger partial charge on any atom is 0.410 e. The van der Waals surface area contributed by atoms with Crippen molar-refractivity contribution in [1.82, 2.24) is 15.1 Å². The maximum absolute atomic E-state index is 13.6. The number of halogens is 4. The van der Waals surface area contributed by atoms with E-state index in [1.165, 1.54) is 31.4 Å². The molecular weight excluding hydrogens is 368 g/mol. The van der Waals surface area contributed by atoms with Crippen LogP contribution in [-0.4, -0.2) is 42.1 Å². The smallest absolute Gasteiger partial charge is 0.383 e. The first-order chi connectivity index (χ1) is 12.8. The number of alkyl halides is 3. The van der Waals surface area contributed by atoms with Crippen LogP contribution in [0.25, 0.3) is 0 Å². The van der Waals surface area contributed by atoms with Crippen LogP contribution in [-0.2, 0) is 4.74 Å². The average Bonchev–Trinajstić information content (AvgIpc) is 3.04. The number of hydrogen-bond donors (Lipinski definition) is 2. The summed E-state index contributed by atoms with van der Waals surface area (Å²) in [6, 6.07) is 2.57. The molecule has 0 spiro atoms. The van der Waals surface area contributed by atoms with E-state index in [0.717, 1.165) is 10.9 Å². The predicted molar refractivity (Wildman–Crippen MR) is 88.9 cm³/mol. The zero-order valence-corrected chi connectivity index (χ0v) is 14.4. The van der Waals surface area contributed by atoms with E-state index in [9.17, 15) is 22.4 Å². The van der Waals surface area contributed by atoms with Gasteiger partial charge in [-0.25, -0.2) is 9.07 Å². The van der Waals surface area contributed by atoms with Crippen molar-refractivity contribution >= 4 is 11.7 Å². The van der Waals surface area contributed by atoms with Crippen LogP contribution in [0.15, 0.2) is 30.5 Å². The molecule has 1 amide bonds. The molecule has 10 heteroatoms. The summed E-state index contributed by atoms with van der Waals surface area (Å²) in [5, 5.41) is 9.28. The van der Waals surface area contributed by atoms with Crippen molar-refractivity contribution in [3.05, 3.63) is 47.4 Å². The molecule has 0 bridgehead atoms. The van der Waals surface area contributed by atoms with Crippen molar-refractivity contribution in [3.63, 3.8) is 0 Å². The zero-order valence-electron chi connectivity index (χ0n) is 14.4. The molecule has 1 aliphatic rings. The molecule has 2 N–H and O–H groups in total. The van der Waals surface area contributed by atoms with E-state index in [4.69, 9.17) is 4.74 Å². The summed E-state index contributed by atoms with van der Waals surface area (Å²) in [7, 11) is 1.47. The molecule has 6 nitrogen and oxygen atoms in total. The van der Waals surface area contributed by atoms with Crippen molar-refractivity contribution in [2.45, 2.75) is 24.7 Å². The van der Waals surface area contributed by atoms with Crippen LogP contribution < -0.4 is 10.6 Å². The molecule has 27 heavy (non-hydrogen) atoms. The Labute approximate surface area is 152 Å². The normalized spacial score (nSPS) is 19.3. The first-order valence-electron chi connectivity index (χ1n) is 8.24. The standard InChI is InChI=1S/C17H18F4N4O2/c1-27-7-6-22-16(26)12-9-23-25-14(17(19,20)21)8-13(24-15(12)25)10-2-4-11(18)5-3-10/h2-5,9,13-14,24H,6-8H2,1H3,(H,22,26)/t13-,14+/m1/s1. The molecule has 3 rings (SSSR count). The quantitative estimate of drug-likeness (QED) is 0.612. The number of methoxy groups -OCH3 is 1. The molecule has 0 fully saturated rings. The second-order valence-electron chi connectivity index (χ2n) is 6.14. The Kier molecular flexibility index (Phi) is 5.36. The lowest BCUT2D eigenvalue weighted by Gasteiger charge is -2.34. The molecule has 1 aliphatic heterocycles. The number of carbonyl (C=O) groups is 1. The summed E-state index contributed by atoms with van der Waals surface area (Å²) < 4.78 is 59.5. The molecule has 0 saturated carbocycles. The fraction of sp³-hybridized carbons (Fsp3) is 0.412. The summed E-state index contributed by atoms with van der Waals surface area (Å²) in [4.78, 5) is 12.3. The monoisotopic (exact) mass is 386 g/mol. The SMILES string of the molecule is COCCNC(=O)c1cnn2c1N[C@@H](c1ccc(F)cc1)C[C@H]2C(F)(F)F.